The third-order valence-electron chi connectivity index (χ3n) is 3.95. The van der Waals surface area contributed by atoms with E-state index in [1.807, 2.05) is 13.1 Å². The Morgan fingerprint density at radius 3 is 2.79 bits per heavy atom. The molecule has 0 saturated heterocycles. The van der Waals surface area contributed by atoms with Gasteiger partial charge in [-0.1, -0.05) is 25.3 Å². The first-order chi connectivity index (χ1) is 9.18. The van der Waals surface area contributed by atoms with Crippen molar-refractivity contribution < 1.29 is 4.79 Å². The Balaban J connectivity index is 1.95. The number of nitriles is 1. The fraction of sp³-hybridized carbons (Fsp3) is 0.600. The van der Waals surface area contributed by atoms with Crippen molar-refractivity contribution in [1.82, 2.24) is 4.90 Å². The van der Waals surface area contributed by atoms with Crippen molar-refractivity contribution >= 4 is 17.2 Å². The number of carbonyl (C=O) groups is 1. The number of thiophene rings is 1. The Morgan fingerprint density at radius 1 is 1.47 bits per heavy atom. The van der Waals surface area contributed by atoms with E-state index in [0.717, 1.165) is 38.5 Å². The second-order valence-corrected chi connectivity index (χ2v) is 6.34. The molecular weight excluding hydrogens is 256 g/mol. The lowest BCUT2D eigenvalue weighted by Crippen LogP contribution is -2.43. The van der Waals surface area contributed by atoms with Crippen molar-refractivity contribution in [2.45, 2.75) is 38.5 Å². The summed E-state index contributed by atoms with van der Waals surface area (Å²) in [7, 11) is 1.82. The smallest absolute Gasteiger partial charge is 0.242 e. The number of nitrogens with zero attached hydrogens (tertiary/aromatic N) is 2. The van der Waals surface area contributed by atoms with Gasteiger partial charge in [-0.2, -0.15) is 5.26 Å². The van der Waals surface area contributed by atoms with Crippen LogP contribution in [0.15, 0.2) is 17.5 Å². The molecule has 0 atom stereocenters. The van der Waals surface area contributed by atoms with Crippen molar-refractivity contribution in [3.8, 4) is 6.07 Å². The second-order valence-electron chi connectivity index (χ2n) is 5.31. The molecule has 0 N–H and O–H groups in total. The number of carbonyl (C=O) groups excluding carboxylic acids is 1. The highest BCUT2D eigenvalue weighted by atomic mass is 32.1. The van der Waals surface area contributed by atoms with Crippen molar-refractivity contribution in [2.75, 3.05) is 13.6 Å². The molecule has 0 radical (unpaired) electrons. The highest BCUT2D eigenvalue weighted by molar-refractivity contribution is 7.09. The molecule has 0 bridgehead atoms. The van der Waals surface area contributed by atoms with E-state index in [0.29, 0.717) is 6.54 Å². The van der Waals surface area contributed by atoms with Crippen LogP contribution in [0.1, 0.15) is 37.0 Å². The van der Waals surface area contributed by atoms with Gasteiger partial charge >= 0.3 is 0 Å². The van der Waals surface area contributed by atoms with Crippen LogP contribution in [0.4, 0.5) is 0 Å². The Hall–Kier alpha value is -1.34. The molecule has 1 aliphatic rings. The van der Waals surface area contributed by atoms with Gasteiger partial charge in [-0.15, -0.1) is 11.3 Å². The fourth-order valence-corrected chi connectivity index (χ4v) is 3.43. The van der Waals surface area contributed by atoms with Crippen molar-refractivity contribution in [1.29, 1.82) is 5.26 Å². The summed E-state index contributed by atoms with van der Waals surface area (Å²) in [5.41, 5.74) is -0.748. The van der Waals surface area contributed by atoms with Crippen LogP contribution in [0.5, 0.6) is 0 Å². The quantitative estimate of drug-likeness (QED) is 0.847. The molecule has 1 aromatic rings. The van der Waals surface area contributed by atoms with E-state index < -0.39 is 5.41 Å². The summed E-state index contributed by atoms with van der Waals surface area (Å²) < 4.78 is 0. The van der Waals surface area contributed by atoms with Gasteiger partial charge in [0.05, 0.1) is 6.07 Å². The monoisotopic (exact) mass is 276 g/mol. The first-order valence-corrected chi connectivity index (χ1v) is 7.75. The van der Waals surface area contributed by atoms with Crippen LogP contribution in [-0.2, 0) is 11.2 Å². The van der Waals surface area contributed by atoms with E-state index in [9.17, 15) is 10.1 Å². The third-order valence-corrected chi connectivity index (χ3v) is 4.89. The molecule has 1 aliphatic carbocycles. The number of hydrogen-bond acceptors (Lipinski definition) is 3. The third kappa shape index (κ3) is 3.16. The predicted octanol–water partition coefficient (Wildman–Crippen LogP) is 3.22. The predicted molar refractivity (Wildman–Crippen MR) is 76.8 cm³/mol. The average molecular weight is 276 g/mol. The van der Waals surface area contributed by atoms with E-state index in [1.165, 1.54) is 4.88 Å². The molecule has 2 rings (SSSR count). The Bertz CT molecular complexity index is 455. The van der Waals surface area contributed by atoms with Gasteiger partial charge in [0.2, 0.25) is 5.91 Å². The molecule has 19 heavy (non-hydrogen) atoms. The summed E-state index contributed by atoms with van der Waals surface area (Å²) in [6.07, 6.45) is 5.48. The van der Waals surface area contributed by atoms with E-state index in [4.69, 9.17) is 0 Å². The lowest BCUT2D eigenvalue weighted by molar-refractivity contribution is -0.139. The van der Waals surface area contributed by atoms with E-state index in [2.05, 4.69) is 17.5 Å². The zero-order chi connectivity index (χ0) is 13.7. The Labute approximate surface area is 118 Å². The number of likely N-dealkylation sites (N-methyl/N-ethyl adjacent to an activating group) is 1. The topological polar surface area (TPSA) is 44.1 Å². The highest BCUT2D eigenvalue weighted by Crippen LogP contribution is 2.37. The summed E-state index contributed by atoms with van der Waals surface area (Å²) >= 11 is 1.71. The molecule has 4 heteroatoms. The largest absolute Gasteiger partial charge is 0.344 e. The number of amides is 1. The summed E-state index contributed by atoms with van der Waals surface area (Å²) in [6.45, 7) is 0.697. The number of rotatable bonds is 4. The van der Waals surface area contributed by atoms with Crippen LogP contribution >= 0.6 is 11.3 Å². The van der Waals surface area contributed by atoms with Gasteiger partial charge in [0.15, 0.2) is 0 Å². The molecule has 0 spiro atoms. The van der Waals surface area contributed by atoms with Crippen molar-refractivity contribution in [3.05, 3.63) is 22.4 Å². The summed E-state index contributed by atoms with van der Waals surface area (Å²) in [5.74, 6) is 0.0197. The SMILES string of the molecule is CN(CCc1cccs1)C(=O)C1(C#N)CCCCC1. The van der Waals surface area contributed by atoms with E-state index in [-0.39, 0.29) is 5.91 Å². The standard InChI is InChI=1S/C15H20N2OS/c1-17(10-7-13-6-5-11-19-13)14(18)15(12-16)8-3-2-4-9-15/h5-6,11H,2-4,7-10H2,1H3. The van der Waals surface area contributed by atoms with Gasteiger partial charge in [-0.05, 0) is 30.7 Å². The van der Waals surface area contributed by atoms with Crippen LogP contribution in [0.25, 0.3) is 0 Å². The summed E-state index contributed by atoms with van der Waals surface area (Å²) in [5, 5.41) is 11.5. The summed E-state index contributed by atoms with van der Waals surface area (Å²) in [4.78, 5) is 15.5. The lowest BCUT2D eigenvalue weighted by Gasteiger charge is -2.33. The van der Waals surface area contributed by atoms with Gasteiger partial charge in [-0.3, -0.25) is 4.79 Å². The van der Waals surface area contributed by atoms with Gasteiger partial charge in [0.25, 0.3) is 0 Å². The maximum absolute atomic E-state index is 12.5. The minimum Gasteiger partial charge on any atom is -0.344 e. The van der Waals surface area contributed by atoms with Crippen LogP contribution in [-0.4, -0.2) is 24.4 Å². The van der Waals surface area contributed by atoms with Crippen LogP contribution in [0.3, 0.4) is 0 Å². The molecule has 1 heterocycles. The van der Waals surface area contributed by atoms with E-state index in [1.54, 1.807) is 16.2 Å². The first kappa shape index (κ1) is 14.1. The molecule has 1 aromatic heterocycles. The summed E-state index contributed by atoms with van der Waals surface area (Å²) in [6, 6.07) is 6.42. The molecule has 1 fully saturated rings. The zero-order valence-electron chi connectivity index (χ0n) is 11.4. The van der Waals surface area contributed by atoms with Gasteiger partial charge in [0, 0.05) is 18.5 Å². The molecule has 0 unspecified atom stereocenters. The molecule has 0 aromatic carbocycles. The molecule has 1 saturated carbocycles. The zero-order valence-corrected chi connectivity index (χ0v) is 12.2. The van der Waals surface area contributed by atoms with Crippen molar-refractivity contribution in [3.63, 3.8) is 0 Å². The van der Waals surface area contributed by atoms with Gasteiger partial charge < -0.3 is 4.90 Å². The number of hydrogen-bond donors (Lipinski definition) is 0. The van der Waals surface area contributed by atoms with Crippen molar-refractivity contribution in [2.24, 2.45) is 5.41 Å². The van der Waals surface area contributed by atoms with Crippen LogP contribution < -0.4 is 0 Å². The Morgan fingerprint density at radius 2 is 2.21 bits per heavy atom. The highest BCUT2D eigenvalue weighted by Gasteiger charge is 2.41. The lowest BCUT2D eigenvalue weighted by atomic mass is 9.74. The second kappa shape index (κ2) is 6.21. The average Bonchev–Trinajstić information content (AvgIpc) is 2.98. The molecule has 3 nitrogen and oxygen atoms in total. The first-order valence-electron chi connectivity index (χ1n) is 6.87. The Kier molecular flexibility index (Phi) is 4.60. The van der Waals surface area contributed by atoms with E-state index >= 15 is 0 Å². The van der Waals surface area contributed by atoms with Gasteiger partial charge in [0.1, 0.15) is 5.41 Å². The maximum Gasteiger partial charge on any atom is 0.242 e. The molecule has 0 aliphatic heterocycles. The van der Waals surface area contributed by atoms with Gasteiger partial charge in [-0.25, -0.2) is 0 Å². The minimum absolute atomic E-state index is 0.0197. The molecular formula is C15H20N2OS. The fourth-order valence-electron chi connectivity index (χ4n) is 2.73. The van der Waals surface area contributed by atoms with Crippen LogP contribution in [0.2, 0.25) is 0 Å². The normalized spacial score (nSPS) is 17.7. The maximum atomic E-state index is 12.5. The molecule has 102 valence electrons. The minimum atomic E-state index is -0.748. The molecule has 1 amide bonds. The van der Waals surface area contributed by atoms with Crippen LogP contribution in [0, 0.1) is 16.7 Å².